The molecular formula is C21H26N2O3. The third-order valence-corrected chi connectivity index (χ3v) is 4.88. The van der Waals surface area contributed by atoms with Gasteiger partial charge in [-0.05, 0) is 42.0 Å². The monoisotopic (exact) mass is 354 g/mol. The fourth-order valence-corrected chi connectivity index (χ4v) is 3.38. The Labute approximate surface area is 154 Å². The predicted molar refractivity (Wildman–Crippen MR) is 101 cm³/mol. The van der Waals surface area contributed by atoms with Gasteiger partial charge >= 0.3 is 0 Å². The lowest BCUT2D eigenvalue weighted by molar-refractivity contribution is -0.121. The van der Waals surface area contributed by atoms with Gasteiger partial charge in [0.05, 0.1) is 6.26 Å². The first-order valence-corrected chi connectivity index (χ1v) is 9.09. The molecule has 0 atom stereocenters. The van der Waals surface area contributed by atoms with Crippen molar-refractivity contribution < 1.29 is 14.0 Å². The highest BCUT2D eigenvalue weighted by Crippen LogP contribution is 2.30. The van der Waals surface area contributed by atoms with Gasteiger partial charge < -0.3 is 14.6 Å². The Morgan fingerprint density at radius 1 is 1.08 bits per heavy atom. The lowest BCUT2D eigenvalue weighted by Gasteiger charge is -2.31. The zero-order chi connectivity index (χ0) is 18.7. The molecule has 0 unspecified atom stereocenters. The fourth-order valence-electron chi connectivity index (χ4n) is 3.38. The van der Waals surface area contributed by atoms with E-state index in [2.05, 4.69) is 32.2 Å². The van der Waals surface area contributed by atoms with Crippen LogP contribution in [0.1, 0.15) is 49.7 Å². The van der Waals surface area contributed by atoms with Crippen molar-refractivity contribution in [3.63, 3.8) is 0 Å². The minimum Gasteiger partial charge on any atom is -0.459 e. The van der Waals surface area contributed by atoms with Crippen molar-refractivity contribution in [2.75, 3.05) is 18.4 Å². The summed E-state index contributed by atoms with van der Waals surface area (Å²) in [5.41, 5.74) is 1.96. The summed E-state index contributed by atoms with van der Waals surface area (Å²) in [6.45, 7) is 7.54. The summed E-state index contributed by atoms with van der Waals surface area (Å²) in [5, 5.41) is 3.10. The number of carbonyl (C=O) groups excluding carboxylic acids is 2. The number of hydrogen-bond acceptors (Lipinski definition) is 3. The highest BCUT2D eigenvalue weighted by Gasteiger charge is 2.29. The Bertz CT molecular complexity index is 767. The van der Waals surface area contributed by atoms with E-state index in [0.29, 0.717) is 31.7 Å². The molecule has 0 saturated carbocycles. The molecule has 1 aliphatic rings. The van der Waals surface area contributed by atoms with Gasteiger partial charge in [-0.2, -0.15) is 0 Å². The number of rotatable bonds is 3. The Balaban J connectivity index is 1.60. The molecule has 3 rings (SSSR count). The average molecular weight is 354 g/mol. The molecule has 1 aromatic carbocycles. The molecular weight excluding hydrogens is 328 g/mol. The number of likely N-dealkylation sites (tertiary alicyclic amines) is 1. The van der Waals surface area contributed by atoms with Gasteiger partial charge in [0.2, 0.25) is 5.91 Å². The van der Waals surface area contributed by atoms with Crippen LogP contribution in [0.25, 0.3) is 0 Å². The molecule has 1 aromatic heterocycles. The molecule has 1 fully saturated rings. The molecule has 0 bridgehead atoms. The fraction of sp³-hybridized carbons (Fsp3) is 0.429. The van der Waals surface area contributed by atoms with Gasteiger partial charge in [-0.25, -0.2) is 0 Å². The van der Waals surface area contributed by atoms with Gasteiger partial charge in [-0.15, -0.1) is 0 Å². The largest absolute Gasteiger partial charge is 0.459 e. The number of furan rings is 1. The van der Waals surface area contributed by atoms with E-state index < -0.39 is 0 Å². The van der Waals surface area contributed by atoms with Crippen LogP contribution >= 0.6 is 0 Å². The van der Waals surface area contributed by atoms with Crippen LogP contribution in [-0.4, -0.2) is 29.8 Å². The summed E-state index contributed by atoms with van der Waals surface area (Å²) in [4.78, 5) is 26.8. The van der Waals surface area contributed by atoms with Crippen LogP contribution in [-0.2, 0) is 10.2 Å². The molecule has 1 aliphatic heterocycles. The number of anilines is 1. The van der Waals surface area contributed by atoms with Crippen molar-refractivity contribution in [2.24, 2.45) is 5.92 Å². The number of para-hydroxylation sites is 1. The van der Waals surface area contributed by atoms with Crippen molar-refractivity contribution in [2.45, 2.75) is 39.0 Å². The number of piperidine rings is 1. The van der Waals surface area contributed by atoms with Crippen LogP contribution in [0.2, 0.25) is 0 Å². The Morgan fingerprint density at radius 2 is 1.77 bits per heavy atom. The summed E-state index contributed by atoms with van der Waals surface area (Å²) in [7, 11) is 0. The molecule has 5 nitrogen and oxygen atoms in total. The first-order valence-electron chi connectivity index (χ1n) is 9.09. The minimum atomic E-state index is -0.105. The van der Waals surface area contributed by atoms with E-state index in [9.17, 15) is 9.59 Å². The number of amides is 2. The molecule has 2 amide bonds. The first-order chi connectivity index (χ1) is 12.4. The molecule has 2 heterocycles. The minimum absolute atomic E-state index is 0.0341. The van der Waals surface area contributed by atoms with Gasteiger partial charge in [0.15, 0.2) is 5.76 Å². The Hall–Kier alpha value is -2.56. The van der Waals surface area contributed by atoms with E-state index in [1.807, 2.05) is 18.2 Å². The van der Waals surface area contributed by atoms with Crippen LogP contribution in [0.15, 0.2) is 47.1 Å². The van der Waals surface area contributed by atoms with E-state index >= 15 is 0 Å². The second-order valence-corrected chi connectivity index (χ2v) is 7.83. The SMILES string of the molecule is CC(C)(C)c1ccccc1NC(=O)C1CCN(C(=O)c2ccco2)CC1. The van der Waals surface area contributed by atoms with Crippen LogP contribution in [0.3, 0.4) is 0 Å². The molecule has 1 saturated heterocycles. The summed E-state index contributed by atoms with van der Waals surface area (Å²) < 4.78 is 5.18. The lowest BCUT2D eigenvalue weighted by Crippen LogP contribution is -2.41. The van der Waals surface area contributed by atoms with Gasteiger partial charge in [0, 0.05) is 24.7 Å². The molecule has 0 radical (unpaired) electrons. The molecule has 5 heteroatoms. The average Bonchev–Trinajstić information content (AvgIpc) is 3.15. The van der Waals surface area contributed by atoms with Crippen LogP contribution in [0, 0.1) is 5.92 Å². The molecule has 0 aliphatic carbocycles. The number of benzene rings is 1. The van der Waals surface area contributed by atoms with E-state index in [4.69, 9.17) is 4.42 Å². The van der Waals surface area contributed by atoms with Crippen molar-refractivity contribution in [3.05, 3.63) is 54.0 Å². The Kier molecular flexibility index (Phi) is 5.16. The summed E-state index contributed by atoms with van der Waals surface area (Å²) >= 11 is 0. The topological polar surface area (TPSA) is 62.6 Å². The van der Waals surface area contributed by atoms with E-state index in [0.717, 1.165) is 11.3 Å². The number of nitrogens with zero attached hydrogens (tertiary/aromatic N) is 1. The molecule has 0 spiro atoms. The van der Waals surface area contributed by atoms with Crippen LogP contribution < -0.4 is 5.32 Å². The number of nitrogens with one attached hydrogen (secondary N) is 1. The molecule has 1 N–H and O–H groups in total. The number of carbonyl (C=O) groups is 2. The third-order valence-electron chi connectivity index (χ3n) is 4.88. The van der Waals surface area contributed by atoms with Gasteiger partial charge in [-0.1, -0.05) is 39.0 Å². The van der Waals surface area contributed by atoms with Gasteiger partial charge in [-0.3, -0.25) is 9.59 Å². The third kappa shape index (κ3) is 3.98. The van der Waals surface area contributed by atoms with E-state index in [1.165, 1.54) is 6.26 Å². The quantitative estimate of drug-likeness (QED) is 0.904. The summed E-state index contributed by atoms with van der Waals surface area (Å²) in [6.07, 6.45) is 2.83. The highest BCUT2D eigenvalue weighted by molar-refractivity contribution is 5.94. The van der Waals surface area contributed by atoms with E-state index in [1.54, 1.807) is 17.0 Å². The Morgan fingerprint density at radius 3 is 2.38 bits per heavy atom. The zero-order valence-electron chi connectivity index (χ0n) is 15.6. The standard InChI is InChI=1S/C21H26N2O3/c1-21(2,3)16-7-4-5-8-17(16)22-19(24)15-10-12-23(13-11-15)20(25)18-9-6-14-26-18/h4-9,14-15H,10-13H2,1-3H3,(H,22,24). The maximum atomic E-state index is 12.7. The van der Waals surface area contributed by atoms with Crippen molar-refractivity contribution in [1.82, 2.24) is 4.90 Å². The van der Waals surface area contributed by atoms with Crippen molar-refractivity contribution in [3.8, 4) is 0 Å². The van der Waals surface area contributed by atoms with Gasteiger partial charge in [0.1, 0.15) is 0 Å². The molecule has 2 aromatic rings. The number of hydrogen-bond donors (Lipinski definition) is 1. The lowest BCUT2D eigenvalue weighted by atomic mass is 9.85. The highest BCUT2D eigenvalue weighted by atomic mass is 16.3. The summed E-state index contributed by atoms with van der Waals surface area (Å²) in [6, 6.07) is 11.3. The predicted octanol–water partition coefficient (Wildman–Crippen LogP) is 4.07. The first kappa shape index (κ1) is 18.2. The summed E-state index contributed by atoms with van der Waals surface area (Å²) in [5.74, 6) is 0.203. The van der Waals surface area contributed by atoms with Crippen LogP contribution in [0.4, 0.5) is 5.69 Å². The second kappa shape index (κ2) is 7.36. The zero-order valence-corrected chi connectivity index (χ0v) is 15.6. The molecule has 26 heavy (non-hydrogen) atoms. The van der Waals surface area contributed by atoms with E-state index in [-0.39, 0.29) is 23.1 Å². The maximum absolute atomic E-state index is 12.7. The van der Waals surface area contributed by atoms with Crippen LogP contribution in [0.5, 0.6) is 0 Å². The molecule has 138 valence electrons. The maximum Gasteiger partial charge on any atom is 0.289 e. The second-order valence-electron chi connectivity index (χ2n) is 7.83. The van der Waals surface area contributed by atoms with Crippen molar-refractivity contribution in [1.29, 1.82) is 0 Å². The van der Waals surface area contributed by atoms with Gasteiger partial charge in [0.25, 0.3) is 5.91 Å². The van der Waals surface area contributed by atoms with Crippen molar-refractivity contribution >= 4 is 17.5 Å². The normalized spacial score (nSPS) is 15.7. The smallest absolute Gasteiger partial charge is 0.289 e.